The van der Waals surface area contributed by atoms with Gasteiger partial charge in [0.15, 0.2) is 6.23 Å². The third-order valence-corrected chi connectivity index (χ3v) is 5.70. The van der Waals surface area contributed by atoms with E-state index in [2.05, 4.69) is 31.2 Å². The smallest absolute Gasteiger partial charge is 0.241 e. The Labute approximate surface area is 148 Å². The fourth-order valence-electron chi connectivity index (χ4n) is 4.07. The minimum atomic E-state index is -0.475. The van der Waals surface area contributed by atoms with E-state index < -0.39 is 10.8 Å². The van der Waals surface area contributed by atoms with Crippen molar-refractivity contribution in [2.75, 3.05) is 0 Å². The van der Waals surface area contributed by atoms with Crippen molar-refractivity contribution in [2.24, 2.45) is 5.41 Å². The van der Waals surface area contributed by atoms with E-state index in [9.17, 15) is 4.79 Å². The molecule has 128 valence electrons. The third kappa shape index (κ3) is 2.02. The van der Waals surface area contributed by atoms with E-state index in [0.29, 0.717) is 0 Å². The summed E-state index contributed by atoms with van der Waals surface area (Å²) >= 11 is 0. The number of rotatable bonds is 3. The lowest BCUT2D eigenvalue weighted by Gasteiger charge is -2.47. The fraction of sp³-hybridized carbons (Fsp3) is 0.318. The first kappa shape index (κ1) is 15.9. The Morgan fingerprint density at radius 1 is 0.960 bits per heavy atom. The van der Waals surface area contributed by atoms with Crippen molar-refractivity contribution in [1.82, 2.24) is 4.90 Å². The van der Waals surface area contributed by atoms with Crippen molar-refractivity contribution in [3.63, 3.8) is 0 Å². The number of ether oxygens (including phenoxy) is 1. The van der Waals surface area contributed by atoms with Gasteiger partial charge in [-0.1, -0.05) is 60.7 Å². The molecule has 0 radical (unpaired) electrons. The largest absolute Gasteiger partial charge is 0.470 e. The van der Waals surface area contributed by atoms with Crippen molar-refractivity contribution < 1.29 is 9.53 Å². The van der Waals surface area contributed by atoms with Crippen molar-refractivity contribution in [3.05, 3.63) is 83.2 Å². The van der Waals surface area contributed by atoms with Gasteiger partial charge in [-0.05, 0) is 38.8 Å². The summed E-state index contributed by atoms with van der Waals surface area (Å²) in [5.74, 6) is 1.00. The summed E-state index contributed by atoms with van der Waals surface area (Å²) in [6.07, 6.45) is -0.207. The second-order valence-corrected chi connectivity index (χ2v) is 7.64. The Morgan fingerprint density at radius 3 is 1.88 bits per heavy atom. The predicted octanol–water partition coefficient (Wildman–Crippen LogP) is 4.45. The highest BCUT2D eigenvalue weighted by molar-refractivity contribution is 5.91. The summed E-state index contributed by atoms with van der Waals surface area (Å²) < 4.78 is 6.42. The van der Waals surface area contributed by atoms with Crippen LogP contribution in [0, 0.1) is 5.41 Å². The number of β-lactam (4-membered cyclic amide) rings is 1. The lowest BCUT2D eigenvalue weighted by atomic mass is 9.74. The fourth-order valence-corrected chi connectivity index (χ4v) is 4.07. The Morgan fingerprint density at radius 2 is 1.44 bits per heavy atom. The molecule has 2 heterocycles. The molecular formula is C22H23NO2. The third-order valence-electron chi connectivity index (χ3n) is 5.70. The molecule has 0 N–H and O–H groups in total. The molecule has 1 fully saturated rings. The molecule has 3 heteroatoms. The van der Waals surface area contributed by atoms with Crippen LogP contribution in [-0.4, -0.2) is 17.0 Å². The lowest BCUT2D eigenvalue weighted by molar-refractivity contribution is -0.187. The Bertz CT molecular complexity index is 813. The van der Waals surface area contributed by atoms with Gasteiger partial charge in [-0.3, -0.25) is 9.69 Å². The quantitative estimate of drug-likeness (QED) is 0.777. The number of nitrogens with zero attached hydrogens (tertiary/aromatic N) is 1. The molecule has 3 nitrogen and oxygen atoms in total. The maximum absolute atomic E-state index is 12.5. The lowest BCUT2D eigenvalue weighted by Crippen LogP contribution is -2.63. The van der Waals surface area contributed by atoms with Gasteiger partial charge in [-0.2, -0.15) is 0 Å². The summed E-state index contributed by atoms with van der Waals surface area (Å²) in [6, 6.07) is 20.7. The van der Waals surface area contributed by atoms with Gasteiger partial charge in [0.1, 0.15) is 11.2 Å². The van der Waals surface area contributed by atoms with Crippen molar-refractivity contribution in [3.8, 4) is 0 Å². The highest BCUT2D eigenvalue weighted by Gasteiger charge is 2.62. The molecule has 0 aromatic heterocycles. The van der Waals surface area contributed by atoms with Gasteiger partial charge in [0, 0.05) is 0 Å². The van der Waals surface area contributed by atoms with Crippen molar-refractivity contribution in [1.29, 1.82) is 0 Å². The maximum atomic E-state index is 12.5. The van der Waals surface area contributed by atoms with E-state index in [-0.39, 0.29) is 12.1 Å². The van der Waals surface area contributed by atoms with Crippen LogP contribution in [0.5, 0.6) is 0 Å². The van der Waals surface area contributed by atoms with Gasteiger partial charge in [0.25, 0.3) is 0 Å². The minimum Gasteiger partial charge on any atom is -0.470 e. The Balaban J connectivity index is 1.89. The molecule has 2 aliphatic heterocycles. The van der Waals surface area contributed by atoms with Crippen molar-refractivity contribution >= 4 is 5.91 Å². The molecular weight excluding hydrogens is 310 g/mol. The van der Waals surface area contributed by atoms with Gasteiger partial charge in [0.05, 0.1) is 11.1 Å². The molecule has 0 spiro atoms. The van der Waals surface area contributed by atoms with Crippen LogP contribution in [0.25, 0.3) is 0 Å². The van der Waals surface area contributed by atoms with Crippen LogP contribution in [0.2, 0.25) is 0 Å². The van der Waals surface area contributed by atoms with Gasteiger partial charge in [0.2, 0.25) is 5.91 Å². The standard InChI is InChI=1S/C22H23NO2/c1-15-18(25-20-21(2,3)19(24)23(15)20)22(4,16-11-7-5-8-12-16)17-13-9-6-10-14-17/h5-14,20H,1-4H3. The molecule has 1 unspecified atom stereocenters. The number of amides is 1. The molecule has 0 aliphatic carbocycles. The zero-order valence-corrected chi connectivity index (χ0v) is 15.1. The zero-order chi connectivity index (χ0) is 17.8. The first-order chi connectivity index (χ1) is 11.9. The number of allylic oxidation sites excluding steroid dienone is 2. The number of hydrogen-bond acceptors (Lipinski definition) is 2. The molecule has 1 amide bonds. The van der Waals surface area contributed by atoms with E-state index in [0.717, 1.165) is 22.6 Å². The van der Waals surface area contributed by atoms with Crippen LogP contribution in [0.3, 0.4) is 0 Å². The zero-order valence-electron chi connectivity index (χ0n) is 15.1. The van der Waals surface area contributed by atoms with E-state index in [1.54, 1.807) is 4.90 Å². The molecule has 1 atom stereocenters. The van der Waals surface area contributed by atoms with Crippen LogP contribution in [0.4, 0.5) is 0 Å². The topological polar surface area (TPSA) is 29.5 Å². The van der Waals surface area contributed by atoms with Gasteiger partial charge < -0.3 is 4.74 Å². The predicted molar refractivity (Wildman–Crippen MR) is 97.5 cm³/mol. The van der Waals surface area contributed by atoms with Gasteiger partial charge in [-0.15, -0.1) is 0 Å². The average molecular weight is 333 g/mol. The van der Waals surface area contributed by atoms with E-state index in [1.165, 1.54) is 0 Å². The van der Waals surface area contributed by atoms with Gasteiger partial charge in [-0.25, -0.2) is 0 Å². The highest BCUT2D eigenvalue weighted by atomic mass is 16.5. The summed E-state index contributed by atoms with van der Waals surface area (Å²) in [5.41, 5.74) is 2.31. The number of benzene rings is 2. The monoisotopic (exact) mass is 333 g/mol. The van der Waals surface area contributed by atoms with Crippen molar-refractivity contribution in [2.45, 2.75) is 39.3 Å². The molecule has 4 rings (SSSR count). The summed E-state index contributed by atoms with van der Waals surface area (Å²) in [5, 5.41) is 0. The number of fused-ring (bicyclic) bond motifs is 1. The second kappa shape index (κ2) is 5.22. The molecule has 1 saturated heterocycles. The first-order valence-corrected chi connectivity index (χ1v) is 8.71. The average Bonchev–Trinajstić information content (AvgIpc) is 2.98. The molecule has 2 aromatic rings. The van der Waals surface area contributed by atoms with Crippen LogP contribution >= 0.6 is 0 Å². The summed E-state index contributed by atoms with van der Waals surface area (Å²) in [7, 11) is 0. The molecule has 0 bridgehead atoms. The van der Waals surface area contributed by atoms with Crippen LogP contribution in [0.1, 0.15) is 38.8 Å². The van der Waals surface area contributed by atoms with E-state index >= 15 is 0 Å². The number of carbonyl (C=O) groups excluding carboxylic acids is 1. The first-order valence-electron chi connectivity index (χ1n) is 8.71. The molecule has 2 aliphatic rings. The summed E-state index contributed by atoms with van der Waals surface area (Å²) in [6.45, 7) is 8.08. The van der Waals surface area contributed by atoms with Crippen LogP contribution in [0.15, 0.2) is 72.1 Å². The highest BCUT2D eigenvalue weighted by Crippen LogP contribution is 2.53. The molecule has 0 saturated carbocycles. The molecule has 25 heavy (non-hydrogen) atoms. The van der Waals surface area contributed by atoms with Crippen LogP contribution in [-0.2, 0) is 14.9 Å². The molecule has 2 aromatic carbocycles. The SMILES string of the molecule is CC1=C(C(C)(c2ccccc2)c2ccccc2)OC2N1C(=O)C2(C)C. The van der Waals surface area contributed by atoms with Gasteiger partial charge >= 0.3 is 0 Å². The van der Waals surface area contributed by atoms with E-state index in [1.807, 2.05) is 57.2 Å². The second-order valence-electron chi connectivity index (χ2n) is 7.64. The minimum absolute atomic E-state index is 0.133. The number of carbonyl (C=O) groups is 1. The maximum Gasteiger partial charge on any atom is 0.241 e. The summed E-state index contributed by atoms with van der Waals surface area (Å²) in [4.78, 5) is 14.3. The normalized spacial score (nSPS) is 21.7. The Hall–Kier alpha value is -2.55. The Kier molecular flexibility index (Phi) is 3.33. The number of hydrogen-bond donors (Lipinski definition) is 0. The van der Waals surface area contributed by atoms with E-state index in [4.69, 9.17) is 4.74 Å². The van der Waals surface area contributed by atoms with Crippen LogP contribution < -0.4 is 0 Å².